The van der Waals surface area contributed by atoms with Crippen molar-refractivity contribution >= 4 is 0 Å². The van der Waals surface area contributed by atoms with Crippen LogP contribution in [0.25, 0.3) is 16.9 Å². The molecule has 4 atom stereocenters. The van der Waals surface area contributed by atoms with E-state index in [-0.39, 0.29) is 11.7 Å². The Labute approximate surface area is 161 Å². The molecule has 2 aliphatic rings. The Kier molecular flexibility index (Phi) is 3.83. The molecule has 1 aliphatic carbocycles. The van der Waals surface area contributed by atoms with Crippen molar-refractivity contribution in [3.05, 3.63) is 49.1 Å². The topological polar surface area (TPSA) is 85.1 Å². The minimum Gasteiger partial charge on any atom is -0.507 e. The second-order valence-electron chi connectivity index (χ2n) is 7.68. The number of aromatic nitrogens is 4. The van der Waals surface area contributed by atoms with E-state index in [9.17, 15) is 9.50 Å². The number of imidazole rings is 1. The number of hydrogen-bond acceptors (Lipinski definition) is 6. The second-order valence-corrected chi connectivity index (χ2v) is 7.68. The Bertz CT molecular complexity index is 994. The Balaban J connectivity index is 1.34. The van der Waals surface area contributed by atoms with Gasteiger partial charge in [-0.05, 0) is 31.5 Å². The summed E-state index contributed by atoms with van der Waals surface area (Å²) in [6.07, 6.45) is 4.31. The molecule has 5 rings (SSSR count). The number of hydrogen-bond donors (Lipinski definition) is 2. The summed E-state index contributed by atoms with van der Waals surface area (Å²) in [5.74, 6) is 0.522. The highest BCUT2D eigenvalue weighted by Crippen LogP contribution is 2.43. The number of nitrogens with zero attached hydrogens (tertiary/aromatic N) is 4. The molecule has 7 nitrogen and oxygen atoms in total. The van der Waals surface area contributed by atoms with Gasteiger partial charge in [-0.2, -0.15) is 0 Å². The smallest absolute Gasteiger partial charge is 0.233 e. The normalized spacial score (nSPS) is 28.6. The maximum Gasteiger partial charge on any atom is 0.233 e. The predicted octanol–water partition coefficient (Wildman–Crippen LogP) is 2.50. The lowest BCUT2D eigenvalue weighted by molar-refractivity contribution is 0.0407. The second kappa shape index (κ2) is 6.27. The van der Waals surface area contributed by atoms with Crippen molar-refractivity contribution in [2.45, 2.75) is 31.2 Å². The molecule has 144 valence electrons. The van der Waals surface area contributed by atoms with Gasteiger partial charge in [0.2, 0.25) is 5.88 Å². The Morgan fingerprint density at radius 3 is 2.82 bits per heavy atom. The fourth-order valence-electron chi connectivity index (χ4n) is 4.23. The summed E-state index contributed by atoms with van der Waals surface area (Å²) in [6, 6.07) is 8.66. The van der Waals surface area contributed by atoms with E-state index in [0.29, 0.717) is 17.1 Å². The summed E-state index contributed by atoms with van der Waals surface area (Å²) in [5, 5.41) is 21.9. The van der Waals surface area contributed by atoms with E-state index in [1.54, 1.807) is 47.6 Å². The Morgan fingerprint density at radius 2 is 2.18 bits per heavy atom. The molecule has 0 spiro atoms. The van der Waals surface area contributed by atoms with Crippen molar-refractivity contribution < 1.29 is 14.2 Å². The van der Waals surface area contributed by atoms with Gasteiger partial charge in [0.15, 0.2) is 6.17 Å². The number of piperidine rings is 1. The first-order valence-electron chi connectivity index (χ1n) is 9.25. The van der Waals surface area contributed by atoms with Gasteiger partial charge in [-0.15, -0.1) is 10.2 Å². The maximum atomic E-state index is 14.6. The number of ether oxygens (including phenoxy) is 1. The van der Waals surface area contributed by atoms with Crippen LogP contribution in [-0.2, 0) is 0 Å². The predicted molar refractivity (Wildman–Crippen MR) is 100 cm³/mol. The number of phenols is 1. The van der Waals surface area contributed by atoms with Crippen LogP contribution in [0.3, 0.4) is 0 Å². The van der Waals surface area contributed by atoms with E-state index >= 15 is 0 Å². The molecule has 2 bridgehead atoms. The number of fused-ring (bicyclic) bond motifs is 2. The zero-order valence-electron chi connectivity index (χ0n) is 15.3. The summed E-state index contributed by atoms with van der Waals surface area (Å²) in [7, 11) is 0. The molecule has 0 amide bonds. The molecule has 8 heteroatoms. The Morgan fingerprint density at radius 1 is 1.29 bits per heavy atom. The molecule has 1 aromatic carbocycles. The van der Waals surface area contributed by atoms with E-state index in [1.807, 2.05) is 13.0 Å². The molecule has 1 saturated carbocycles. The molecule has 3 heterocycles. The lowest BCUT2D eigenvalue weighted by Crippen LogP contribution is -2.53. The van der Waals surface area contributed by atoms with Crippen LogP contribution >= 0.6 is 0 Å². The van der Waals surface area contributed by atoms with Crippen molar-refractivity contribution in [1.82, 2.24) is 25.1 Å². The van der Waals surface area contributed by atoms with E-state index in [4.69, 9.17) is 4.74 Å². The van der Waals surface area contributed by atoms with Gasteiger partial charge >= 0.3 is 0 Å². The van der Waals surface area contributed by atoms with Gasteiger partial charge in [-0.1, -0.05) is 0 Å². The number of halogens is 1. The average Bonchev–Trinajstić information content (AvgIpc) is 3.41. The zero-order valence-corrected chi connectivity index (χ0v) is 15.3. The third-order valence-corrected chi connectivity index (χ3v) is 5.77. The van der Waals surface area contributed by atoms with E-state index in [1.165, 1.54) is 0 Å². The van der Waals surface area contributed by atoms with Crippen LogP contribution in [0.1, 0.15) is 13.3 Å². The van der Waals surface area contributed by atoms with Crippen LogP contribution in [-0.4, -0.2) is 49.2 Å². The van der Waals surface area contributed by atoms with E-state index in [0.717, 1.165) is 18.7 Å². The van der Waals surface area contributed by atoms with Gasteiger partial charge in [0.05, 0.1) is 23.2 Å². The van der Waals surface area contributed by atoms with Crippen molar-refractivity contribution in [3.8, 4) is 28.6 Å². The van der Waals surface area contributed by atoms with Crippen molar-refractivity contribution in [3.63, 3.8) is 0 Å². The SMILES string of the molecule is C[C@@]12CC(CN1)[C@H](Oc1ccc(-c3ccc(-n4ccnc4)cc3O)nn1)[C@H]2F. The summed E-state index contributed by atoms with van der Waals surface area (Å²) < 4.78 is 22.2. The van der Waals surface area contributed by atoms with Crippen LogP contribution in [0.4, 0.5) is 4.39 Å². The van der Waals surface area contributed by atoms with Crippen LogP contribution in [0.2, 0.25) is 0 Å². The molecule has 1 unspecified atom stereocenters. The first kappa shape index (κ1) is 17.1. The average molecular weight is 381 g/mol. The lowest BCUT2D eigenvalue weighted by Gasteiger charge is -2.32. The highest BCUT2D eigenvalue weighted by atomic mass is 19.1. The first-order chi connectivity index (χ1) is 13.5. The summed E-state index contributed by atoms with van der Waals surface area (Å²) in [4.78, 5) is 4.00. The van der Waals surface area contributed by atoms with E-state index < -0.39 is 17.8 Å². The molecule has 1 saturated heterocycles. The lowest BCUT2D eigenvalue weighted by atomic mass is 9.99. The summed E-state index contributed by atoms with van der Waals surface area (Å²) in [5.41, 5.74) is 1.35. The molecular weight excluding hydrogens is 361 g/mol. The van der Waals surface area contributed by atoms with Crippen molar-refractivity contribution in [2.75, 3.05) is 6.54 Å². The van der Waals surface area contributed by atoms with Crippen molar-refractivity contribution in [2.24, 2.45) is 5.92 Å². The molecular formula is C20H20FN5O2. The number of benzene rings is 1. The van der Waals surface area contributed by atoms with Crippen LogP contribution in [0, 0.1) is 5.92 Å². The van der Waals surface area contributed by atoms with Gasteiger partial charge in [-0.3, -0.25) is 0 Å². The highest BCUT2D eigenvalue weighted by Gasteiger charge is 2.57. The van der Waals surface area contributed by atoms with Gasteiger partial charge in [0.1, 0.15) is 11.9 Å². The minimum absolute atomic E-state index is 0.0880. The van der Waals surface area contributed by atoms with Crippen molar-refractivity contribution in [1.29, 1.82) is 0 Å². The summed E-state index contributed by atoms with van der Waals surface area (Å²) >= 11 is 0. The van der Waals surface area contributed by atoms with Gasteiger partial charge in [0, 0.05) is 42.6 Å². The standard InChI is InChI=1S/C20H20FN5O2/c1-20-9-12(10-23-20)18(19(20)21)28-17-5-4-15(24-25-17)14-3-2-13(8-16(14)27)26-7-6-22-11-26/h2-8,11-12,18-19,23,27H,9-10H2,1H3/t12?,18-,19+,20-/m0/s1. The quantitative estimate of drug-likeness (QED) is 0.722. The molecule has 2 N–H and O–H groups in total. The van der Waals surface area contributed by atoms with Gasteiger partial charge < -0.3 is 19.7 Å². The van der Waals surface area contributed by atoms with Crippen LogP contribution in [0.15, 0.2) is 49.1 Å². The third-order valence-electron chi connectivity index (χ3n) is 5.77. The number of phenolic OH excluding ortho intramolecular Hbond substituents is 1. The molecule has 3 aromatic rings. The zero-order chi connectivity index (χ0) is 19.3. The monoisotopic (exact) mass is 381 g/mol. The molecule has 1 aliphatic heterocycles. The maximum absolute atomic E-state index is 14.6. The minimum atomic E-state index is -1.08. The Hall–Kier alpha value is -3.00. The molecule has 2 fully saturated rings. The number of rotatable bonds is 4. The number of nitrogens with one attached hydrogen (secondary N) is 1. The summed E-state index contributed by atoms with van der Waals surface area (Å²) in [6.45, 7) is 2.65. The first-order valence-corrected chi connectivity index (χ1v) is 9.25. The molecule has 2 aromatic heterocycles. The van der Waals surface area contributed by atoms with Gasteiger partial charge in [0.25, 0.3) is 0 Å². The number of alkyl halides is 1. The van der Waals surface area contributed by atoms with Gasteiger partial charge in [-0.25, -0.2) is 9.37 Å². The van der Waals surface area contributed by atoms with E-state index in [2.05, 4.69) is 20.5 Å². The molecule has 0 radical (unpaired) electrons. The largest absolute Gasteiger partial charge is 0.507 e. The van der Waals surface area contributed by atoms with Crippen LogP contribution < -0.4 is 10.1 Å². The molecule has 28 heavy (non-hydrogen) atoms. The fraction of sp³-hybridized carbons (Fsp3) is 0.350. The van der Waals surface area contributed by atoms with Crippen LogP contribution in [0.5, 0.6) is 11.6 Å². The number of aromatic hydroxyl groups is 1. The third kappa shape index (κ3) is 2.72. The fourth-order valence-corrected chi connectivity index (χ4v) is 4.23. The highest BCUT2D eigenvalue weighted by molar-refractivity contribution is 5.68.